The van der Waals surface area contributed by atoms with Crippen molar-refractivity contribution in [2.45, 2.75) is 33.1 Å². The summed E-state index contributed by atoms with van der Waals surface area (Å²) >= 11 is 1.90. The Morgan fingerprint density at radius 2 is 1.07 bits per heavy atom. The number of benzene rings is 8. The van der Waals surface area contributed by atoms with E-state index in [2.05, 4.69) is 195 Å². The normalized spacial score (nSPS) is 14.0. The van der Waals surface area contributed by atoms with Gasteiger partial charge in [-0.15, -0.1) is 11.3 Å². The number of hydrogen-bond donors (Lipinski definition) is 0. The van der Waals surface area contributed by atoms with Crippen LogP contribution in [0.25, 0.3) is 53.2 Å². The van der Waals surface area contributed by atoms with E-state index in [1.54, 1.807) is 0 Å². The highest BCUT2D eigenvalue weighted by molar-refractivity contribution is 7.26. The van der Waals surface area contributed by atoms with E-state index in [1.165, 1.54) is 110 Å². The molecule has 0 spiro atoms. The van der Waals surface area contributed by atoms with E-state index < -0.39 is 0 Å². The highest BCUT2D eigenvalue weighted by Crippen LogP contribution is 2.57. The third kappa shape index (κ3) is 4.45. The molecule has 0 radical (unpaired) electrons. The van der Waals surface area contributed by atoms with Crippen molar-refractivity contribution in [3.8, 4) is 22.3 Å². The fourth-order valence-corrected chi connectivity index (χ4v) is 10.4. The van der Waals surface area contributed by atoms with Crippen LogP contribution in [-0.4, -0.2) is 0 Å². The number of thiophene rings is 1. The monoisotopic (exact) mass is 710 g/mol. The Bertz CT molecular complexity index is 2960. The number of rotatable bonds is 3. The Morgan fingerprint density at radius 1 is 0.444 bits per heavy atom. The fourth-order valence-electron chi connectivity index (χ4n) is 9.21. The molecule has 0 N–H and O–H groups in total. The van der Waals surface area contributed by atoms with E-state index in [0.29, 0.717) is 0 Å². The van der Waals surface area contributed by atoms with Crippen molar-refractivity contribution < 1.29 is 0 Å². The van der Waals surface area contributed by atoms with Gasteiger partial charge in [0.25, 0.3) is 0 Å². The first-order valence-electron chi connectivity index (χ1n) is 18.8. The minimum atomic E-state index is -0.179. The zero-order chi connectivity index (χ0) is 36.3. The van der Waals surface area contributed by atoms with Gasteiger partial charge in [-0.3, -0.25) is 0 Å². The summed E-state index contributed by atoms with van der Waals surface area (Å²) in [6, 6.07) is 59.1. The maximum Gasteiger partial charge on any atom is 0.0706 e. The van der Waals surface area contributed by atoms with Crippen LogP contribution in [0.1, 0.15) is 36.1 Å². The molecule has 0 saturated heterocycles. The predicted octanol–water partition coefficient (Wildman–Crippen LogP) is 15.1. The second kappa shape index (κ2) is 11.4. The molecule has 1 aliphatic heterocycles. The molecule has 2 aliphatic rings. The van der Waals surface area contributed by atoms with Crippen LogP contribution in [0.2, 0.25) is 0 Å². The highest BCUT2D eigenvalue weighted by Gasteiger charge is 2.38. The van der Waals surface area contributed by atoms with Crippen LogP contribution in [-0.2, 0) is 5.41 Å². The van der Waals surface area contributed by atoms with Gasteiger partial charge >= 0.3 is 0 Å². The fraction of sp³-hybridized carbons (Fsp3) is 0.0980. The third-order valence-electron chi connectivity index (χ3n) is 11.9. The van der Waals surface area contributed by atoms with Gasteiger partial charge in [0.1, 0.15) is 0 Å². The number of fused-ring (bicyclic) bond motifs is 9. The van der Waals surface area contributed by atoms with Crippen molar-refractivity contribution in [1.82, 2.24) is 0 Å². The average molecular weight is 711 g/mol. The van der Waals surface area contributed by atoms with E-state index in [4.69, 9.17) is 0 Å². The second-order valence-corrected chi connectivity index (χ2v) is 16.6. The second-order valence-electron chi connectivity index (χ2n) is 15.5. The van der Waals surface area contributed by atoms with E-state index in [-0.39, 0.29) is 5.41 Å². The highest BCUT2D eigenvalue weighted by atomic mass is 32.1. The summed E-state index contributed by atoms with van der Waals surface area (Å²) in [6.07, 6.45) is 0. The summed E-state index contributed by atoms with van der Waals surface area (Å²) in [4.78, 5) is 4.97. The maximum absolute atomic E-state index is 2.48. The molecular weight excluding hydrogens is 673 g/mol. The van der Waals surface area contributed by atoms with Crippen LogP contribution < -0.4 is 9.80 Å². The Morgan fingerprint density at radius 3 is 1.85 bits per heavy atom. The van der Waals surface area contributed by atoms with Crippen LogP contribution in [0, 0.1) is 13.8 Å². The van der Waals surface area contributed by atoms with Gasteiger partial charge in [0.05, 0.1) is 28.4 Å². The first-order valence-corrected chi connectivity index (χ1v) is 19.7. The molecule has 0 atom stereocenters. The topological polar surface area (TPSA) is 6.48 Å². The summed E-state index contributed by atoms with van der Waals surface area (Å²) < 4.78 is 2.70. The van der Waals surface area contributed by atoms with Gasteiger partial charge < -0.3 is 9.80 Å². The zero-order valence-electron chi connectivity index (χ0n) is 30.8. The van der Waals surface area contributed by atoms with Crippen LogP contribution in [0.15, 0.2) is 158 Å². The lowest BCUT2D eigenvalue weighted by Crippen LogP contribution is -2.25. The van der Waals surface area contributed by atoms with Crippen LogP contribution in [0.5, 0.6) is 0 Å². The quantitative estimate of drug-likeness (QED) is 0.180. The SMILES string of the molecule is Cc1ccc2c(c1)N(c1cccc3ccccc13)c1cc(C)ccc1N2c1ccc2c(c1)C(C)(C)c1cc(-c3cccc4c3sc3ccccc34)ccc1-2. The number of nitrogens with zero attached hydrogens (tertiary/aromatic N) is 2. The van der Waals surface area contributed by atoms with E-state index >= 15 is 0 Å². The molecule has 11 rings (SSSR count). The van der Waals surface area contributed by atoms with Crippen molar-refractivity contribution >= 4 is 76.4 Å². The molecule has 0 fully saturated rings. The molecule has 2 nitrogen and oxygen atoms in total. The van der Waals surface area contributed by atoms with Crippen molar-refractivity contribution in [3.63, 3.8) is 0 Å². The molecule has 0 saturated carbocycles. The first kappa shape index (κ1) is 31.4. The lowest BCUT2D eigenvalue weighted by molar-refractivity contribution is 0.660. The molecule has 54 heavy (non-hydrogen) atoms. The summed E-state index contributed by atoms with van der Waals surface area (Å²) in [6.45, 7) is 9.20. The predicted molar refractivity (Wildman–Crippen MR) is 232 cm³/mol. The molecule has 9 aromatic rings. The van der Waals surface area contributed by atoms with Crippen LogP contribution >= 0.6 is 11.3 Å². The molecule has 8 aromatic carbocycles. The van der Waals surface area contributed by atoms with E-state index in [0.717, 1.165) is 0 Å². The summed E-state index contributed by atoms with van der Waals surface area (Å²) in [5, 5.41) is 5.16. The summed E-state index contributed by atoms with van der Waals surface area (Å²) in [7, 11) is 0. The first-order chi connectivity index (χ1) is 26.3. The van der Waals surface area contributed by atoms with Crippen molar-refractivity contribution in [3.05, 3.63) is 180 Å². The van der Waals surface area contributed by atoms with Gasteiger partial charge in [-0.05, 0) is 118 Å². The van der Waals surface area contributed by atoms with Crippen molar-refractivity contribution in [1.29, 1.82) is 0 Å². The largest absolute Gasteiger partial charge is 0.306 e. The summed E-state index contributed by atoms with van der Waals surface area (Å²) in [5.74, 6) is 0. The smallest absolute Gasteiger partial charge is 0.0706 e. The minimum Gasteiger partial charge on any atom is -0.306 e. The van der Waals surface area contributed by atoms with Gasteiger partial charge in [0.15, 0.2) is 0 Å². The van der Waals surface area contributed by atoms with Crippen LogP contribution in [0.4, 0.5) is 34.1 Å². The molecule has 3 heteroatoms. The number of hydrogen-bond acceptors (Lipinski definition) is 3. The lowest BCUT2D eigenvalue weighted by atomic mass is 9.81. The summed E-state index contributed by atoms with van der Waals surface area (Å²) in [5.41, 5.74) is 17.4. The van der Waals surface area contributed by atoms with Crippen molar-refractivity contribution in [2.24, 2.45) is 0 Å². The Labute approximate surface area is 320 Å². The van der Waals surface area contributed by atoms with Crippen molar-refractivity contribution in [2.75, 3.05) is 9.80 Å². The Balaban J connectivity index is 1.06. The number of anilines is 6. The zero-order valence-corrected chi connectivity index (χ0v) is 31.6. The van der Waals surface area contributed by atoms with E-state index in [9.17, 15) is 0 Å². The molecular formula is C51H38N2S. The Hall–Kier alpha value is -6.16. The molecule has 2 heterocycles. The molecule has 0 bridgehead atoms. The van der Waals surface area contributed by atoms with Gasteiger partial charge in [0.2, 0.25) is 0 Å². The molecule has 258 valence electrons. The molecule has 0 unspecified atom stereocenters. The standard InChI is InChI=1S/C51H38N2S/c1-31-19-25-45-47(27-31)53(44-17-9-12-33-11-5-6-13-36(33)44)48-28-32(2)20-26-46(48)52(45)35-22-24-39-38-23-21-34(29-42(38)51(3,4)43(39)30-35)37-15-10-16-41-40-14-7-8-18-49(40)54-50(37)41/h5-30H,1-4H3. The number of aryl methyl sites for hydroxylation is 2. The van der Waals surface area contributed by atoms with Gasteiger partial charge in [-0.2, -0.15) is 0 Å². The van der Waals surface area contributed by atoms with E-state index in [1.807, 2.05) is 11.3 Å². The van der Waals surface area contributed by atoms with Gasteiger partial charge in [-0.1, -0.05) is 117 Å². The van der Waals surface area contributed by atoms with Gasteiger partial charge in [0, 0.05) is 36.7 Å². The van der Waals surface area contributed by atoms with Crippen LogP contribution in [0.3, 0.4) is 0 Å². The average Bonchev–Trinajstić information content (AvgIpc) is 3.68. The Kier molecular flexibility index (Phi) is 6.63. The molecule has 1 aliphatic carbocycles. The molecule has 1 aromatic heterocycles. The molecule has 0 amide bonds. The lowest BCUT2D eigenvalue weighted by Gasteiger charge is -2.41. The third-order valence-corrected chi connectivity index (χ3v) is 13.1. The minimum absolute atomic E-state index is 0.179. The van der Waals surface area contributed by atoms with Gasteiger partial charge in [-0.25, -0.2) is 0 Å². The maximum atomic E-state index is 2.48.